The van der Waals surface area contributed by atoms with Crippen molar-refractivity contribution >= 4 is 66.6 Å². The predicted octanol–water partition coefficient (Wildman–Crippen LogP) is 14.9. The van der Waals surface area contributed by atoms with E-state index < -0.39 is 0 Å². The Morgan fingerprint density at radius 3 is 1.67 bits per heavy atom. The molecule has 0 amide bonds. The van der Waals surface area contributed by atoms with Gasteiger partial charge in [-0.15, -0.1) is 11.8 Å². The van der Waals surface area contributed by atoms with Crippen LogP contribution in [0.2, 0.25) is 0 Å². The van der Waals surface area contributed by atoms with Crippen LogP contribution in [0.5, 0.6) is 0 Å². The smallest absolute Gasteiger partial charge is 0.160 e. The first kappa shape index (κ1) is 36.0. The van der Waals surface area contributed by atoms with Gasteiger partial charge in [-0.25, -0.2) is 9.97 Å². The molecule has 0 radical (unpaired) electrons. The largest absolute Gasteiger partial charge is 0.309 e. The van der Waals surface area contributed by atoms with Gasteiger partial charge in [0.15, 0.2) is 5.82 Å². The highest BCUT2D eigenvalue weighted by Crippen LogP contribution is 2.55. The van der Waals surface area contributed by atoms with Crippen molar-refractivity contribution in [3.8, 4) is 39.6 Å². The van der Waals surface area contributed by atoms with Crippen molar-refractivity contribution in [3.05, 3.63) is 230 Å². The van der Waals surface area contributed by atoms with Crippen molar-refractivity contribution in [3.63, 3.8) is 0 Å². The molecule has 1 aliphatic heterocycles. The third-order valence-corrected chi connectivity index (χ3v) is 14.3. The van der Waals surface area contributed by atoms with Crippen LogP contribution in [0.4, 0.5) is 0 Å². The van der Waals surface area contributed by atoms with Gasteiger partial charge in [0.2, 0.25) is 0 Å². The highest BCUT2D eigenvalue weighted by Gasteiger charge is 2.38. The molecule has 11 aromatic rings. The third kappa shape index (κ3) is 5.85. The topological polar surface area (TPSA) is 35.6 Å². The number of thioether (sulfide) groups is 1. The Bertz CT molecular complexity index is 3600. The number of para-hydroxylation sites is 3. The van der Waals surface area contributed by atoms with E-state index in [0.29, 0.717) is 5.82 Å². The second-order valence-electron chi connectivity index (χ2n) is 16.5. The molecule has 13 rings (SSSR count). The number of hydrogen-bond donors (Lipinski definition) is 0. The van der Waals surface area contributed by atoms with Crippen LogP contribution < -0.4 is 0 Å². The quantitative estimate of drug-likeness (QED) is 0.168. The van der Waals surface area contributed by atoms with E-state index in [4.69, 9.17) is 9.97 Å². The van der Waals surface area contributed by atoms with Gasteiger partial charge >= 0.3 is 0 Å². The van der Waals surface area contributed by atoms with E-state index in [2.05, 4.69) is 215 Å². The predicted molar refractivity (Wildman–Crippen MR) is 263 cm³/mol. The first-order chi connectivity index (χ1) is 31.2. The summed E-state index contributed by atoms with van der Waals surface area (Å²) >= 11 is 1.98. The fraction of sp³-hybridized carbons (Fsp3) is 0.0345. The van der Waals surface area contributed by atoms with Crippen LogP contribution in [0.25, 0.3) is 94.5 Å². The summed E-state index contributed by atoms with van der Waals surface area (Å²) in [5, 5.41) is 5.21. The lowest BCUT2D eigenvalue weighted by molar-refractivity contribution is 0.887. The lowest BCUT2D eigenvalue weighted by Crippen LogP contribution is -2.16. The highest BCUT2D eigenvalue weighted by atomic mass is 32.2. The highest BCUT2D eigenvalue weighted by molar-refractivity contribution is 8.00. The monoisotopic (exact) mass is 822 g/mol. The van der Waals surface area contributed by atoms with Crippen LogP contribution in [0.3, 0.4) is 0 Å². The summed E-state index contributed by atoms with van der Waals surface area (Å²) in [4.78, 5) is 11.8. The fourth-order valence-corrected chi connectivity index (χ4v) is 11.5. The molecule has 5 heteroatoms. The molecule has 0 fully saturated rings. The number of nitrogens with zero attached hydrogens (tertiary/aromatic N) is 4. The number of fused-ring (bicyclic) bond motifs is 9. The Balaban J connectivity index is 1.03. The molecule has 0 bridgehead atoms. The minimum absolute atomic E-state index is 0.183. The lowest BCUT2D eigenvalue weighted by Gasteiger charge is -2.27. The molecule has 63 heavy (non-hydrogen) atoms. The van der Waals surface area contributed by atoms with Gasteiger partial charge in [-0.1, -0.05) is 158 Å². The van der Waals surface area contributed by atoms with Crippen molar-refractivity contribution in [2.75, 3.05) is 0 Å². The molecule has 8 aromatic carbocycles. The normalized spacial score (nSPS) is 15.7. The first-order valence-electron chi connectivity index (χ1n) is 21.6. The maximum absolute atomic E-state index is 5.22. The molecule has 0 spiro atoms. The zero-order valence-corrected chi connectivity index (χ0v) is 35.0. The van der Waals surface area contributed by atoms with Crippen molar-refractivity contribution < 1.29 is 0 Å². The van der Waals surface area contributed by atoms with Gasteiger partial charge in [-0.3, -0.25) is 0 Å². The van der Waals surface area contributed by atoms with E-state index in [9.17, 15) is 0 Å². The molecule has 4 heterocycles. The Morgan fingerprint density at radius 1 is 0.413 bits per heavy atom. The number of hydrogen-bond acceptors (Lipinski definition) is 3. The van der Waals surface area contributed by atoms with Crippen molar-refractivity contribution in [2.45, 2.75) is 16.1 Å². The van der Waals surface area contributed by atoms with E-state index >= 15 is 0 Å². The van der Waals surface area contributed by atoms with Gasteiger partial charge in [-0.05, 0) is 77.4 Å². The average Bonchev–Trinajstić information content (AvgIpc) is 4.01. The second kappa shape index (κ2) is 14.4. The SMILES string of the molecule is C1=C(c2cccc(-c3nc(-c4ccccc4)cc(-c4ccccc4)n3)c2)C2Sc3ccccc3C2C=C1n1c2ccccc2c2cc3c4ccccc4n(-c4ccccc4)c3cc21. The molecular weight excluding hydrogens is 785 g/mol. The average molecular weight is 823 g/mol. The Morgan fingerprint density at radius 2 is 0.968 bits per heavy atom. The fourth-order valence-electron chi connectivity index (χ4n) is 10.0. The summed E-state index contributed by atoms with van der Waals surface area (Å²) in [5.74, 6) is 0.895. The number of rotatable bonds is 6. The van der Waals surface area contributed by atoms with Gasteiger partial charge in [0.1, 0.15) is 0 Å². The molecule has 0 saturated carbocycles. The summed E-state index contributed by atoms with van der Waals surface area (Å²) in [5.41, 5.74) is 15.9. The molecule has 3 aromatic heterocycles. The number of aromatic nitrogens is 4. The first-order valence-corrected chi connectivity index (χ1v) is 22.4. The summed E-state index contributed by atoms with van der Waals surface area (Å²) in [6.07, 6.45) is 4.98. The molecule has 0 saturated heterocycles. The van der Waals surface area contributed by atoms with Gasteiger partial charge in [0, 0.05) is 65.7 Å². The van der Waals surface area contributed by atoms with Crippen molar-refractivity contribution in [2.24, 2.45) is 0 Å². The Labute approximate surface area is 369 Å². The van der Waals surface area contributed by atoms with E-state index in [1.807, 2.05) is 23.9 Å². The Hall–Kier alpha value is -7.73. The van der Waals surface area contributed by atoms with Crippen LogP contribution in [-0.4, -0.2) is 24.4 Å². The number of allylic oxidation sites excluding steroid dienone is 3. The zero-order valence-electron chi connectivity index (χ0n) is 34.1. The molecule has 1 aliphatic carbocycles. The van der Waals surface area contributed by atoms with Crippen LogP contribution >= 0.6 is 11.8 Å². The Kier molecular flexibility index (Phi) is 8.25. The van der Waals surface area contributed by atoms with E-state index in [1.165, 1.54) is 70.9 Å². The van der Waals surface area contributed by atoms with Crippen LogP contribution in [0.1, 0.15) is 17.0 Å². The molecule has 0 N–H and O–H groups in total. The molecule has 2 atom stereocenters. The summed E-state index contributed by atoms with van der Waals surface area (Å²) < 4.78 is 4.94. The van der Waals surface area contributed by atoms with Crippen molar-refractivity contribution in [1.29, 1.82) is 0 Å². The van der Waals surface area contributed by atoms with Crippen LogP contribution in [0.15, 0.2) is 223 Å². The summed E-state index contributed by atoms with van der Waals surface area (Å²) in [7, 11) is 0. The van der Waals surface area contributed by atoms with Gasteiger partial charge in [-0.2, -0.15) is 0 Å². The van der Waals surface area contributed by atoms with E-state index in [1.54, 1.807) is 0 Å². The zero-order chi connectivity index (χ0) is 41.4. The van der Waals surface area contributed by atoms with Crippen LogP contribution in [0, 0.1) is 0 Å². The molecule has 296 valence electrons. The summed E-state index contributed by atoms with van der Waals surface area (Å²) in [6, 6.07) is 74.1. The molecular formula is C58H38N4S. The van der Waals surface area contributed by atoms with Crippen LogP contribution in [-0.2, 0) is 0 Å². The third-order valence-electron chi connectivity index (χ3n) is 12.9. The maximum Gasteiger partial charge on any atom is 0.160 e. The number of benzene rings is 8. The summed E-state index contributed by atoms with van der Waals surface area (Å²) in [6.45, 7) is 0. The molecule has 4 nitrogen and oxygen atoms in total. The van der Waals surface area contributed by atoms with E-state index in [-0.39, 0.29) is 11.2 Å². The minimum atomic E-state index is 0.183. The second-order valence-corrected chi connectivity index (χ2v) is 17.7. The molecule has 2 unspecified atom stereocenters. The minimum Gasteiger partial charge on any atom is -0.309 e. The van der Waals surface area contributed by atoms with E-state index in [0.717, 1.165) is 33.8 Å². The van der Waals surface area contributed by atoms with Gasteiger partial charge < -0.3 is 9.13 Å². The van der Waals surface area contributed by atoms with Gasteiger partial charge in [0.25, 0.3) is 0 Å². The van der Waals surface area contributed by atoms with Crippen molar-refractivity contribution in [1.82, 2.24) is 19.1 Å². The van der Waals surface area contributed by atoms with Gasteiger partial charge in [0.05, 0.1) is 33.5 Å². The standard InChI is InChI=1S/C58H38N4S/c1-4-17-37(18-5-1)50-35-51(38-19-6-2-7-20-38)60-58(59-50)40-22-16-21-39(31-40)46-32-42(33-49-45-27-12-15-30-56(45)63-57(46)49)62-53-29-14-11-26-44(53)48-34-47-43-25-10-13-28-52(43)61(54(47)36-55(48)62)41-23-8-3-9-24-41/h1-36,49,57H. The lowest BCUT2D eigenvalue weighted by atomic mass is 9.83. The molecule has 2 aliphatic rings. The maximum atomic E-state index is 5.22.